The van der Waals surface area contributed by atoms with Crippen molar-refractivity contribution in [1.29, 1.82) is 5.41 Å². The summed E-state index contributed by atoms with van der Waals surface area (Å²) < 4.78 is 0. The van der Waals surface area contributed by atoms with Crippen LogP contribution >= 0.6 is 0 Å². The number of hydrogen-bond donors (Lipinski definition) is 3. The van der Waals surface area contributed by atoms with Crippen LogP contribution in [0, 0.1) is 5.41 Å². The Balaban J connectivity index is 1.60. The number of ketones is 2. The van der Waals surface area contributed by atoms with Crippen LogP contribution in [0.15, 0.2) is 53.3 Å². The van der Waals surface area contributed by atoms with Crippen LogP contribution in [0.2, 0.25) is 0 Å². The third kappa shape index (κ3) is 7.61. The maximum atomic E-state index is 13.7. The van der Waals surface area contributed by atoms with Crippen LogP contribution in [0.3, 0.4) is 0 Å². The molecule has 0 spiro atoms. The fraction of sp³-hybridized carbons (Fsp3) is 0.471. The zero-order chi connectivity index (χ0) is 30.2. The van der Waals surface area contributed by atoms with E-state index in [0.717, 1.165) is 84.9 Å². The molecule has 2 aliphatic rings. The number of nitrogens with two attached hydrogens (primary N) is 1. The summed E-state index contributed by atoms with van der Waals surface area (Å²) in [5.74, 6) is 1.00. The number of benzene rings is 1. The highest BCUT2D eigenvalue weighted by molar-refractivity contribution is 6.08. The molecule has 0 radical (unpaired) electrons. The van der Waals surface area contributed by atoms with Gasteiger partial charge in [0, 0.05) is 92.9 Å². The second-order valence-corrected chi connectivity index (χ2v) is 11.7. The van der Waals surface area contributed by atoms with Gasteiger partial charge in [0.2, 0.25) is 0 Å². The Bertz CT molecular complexity index is 1350. The van der Waals surface area contributed by atoms with Crippen molar-refractivity contribution in [2.75, 3.05) is 49.5 Å². The molecule has 4 rings (SSSR count). The summed E-state index contributed by atoms with van der Waals surface area (Å²) in [6, 6.07) is 8.10. The average molecular weight is 571 g/mol. The molecular formula is C34H46N6O2. The van der Waals surface area contributed by atoms with E-state index in [2.05, 4.69) is 34.2 Å². The van der Waals surface area contributed by atoms with Crippen LogP contribution < -0.4 is 16.0 Å². The third-order valence-electron chi connectivity index (χ3n) is 8.00. The van der Waals surface area contributed by atoms with Crippen molar-refractivity contribution in [1.82, 2.24) is 9.88 Å². The number of carbonyl (C=O) groups is 2. The summed E-state index contributed by atoms with van der Waals surface area (Å²) in [6.07, 6.45) is 8.09. The first-order valence-corrected chi connectivity index (χ1v) is 15.3. The van der Waals surface area contributed by atoms with Crippen molar-refractivity contribution < 1.29 is 9.59 Å². The number of nitrogens with one attached hydrogen (secondary N) is 2. The van der Waals surface area contributed by atoms with Crippen LogP contribution in [0.4, 0.5) is 11.5 Å². The number of Topliss-reactive ketones (excluding diaryl/α,β-unsaturated/α-hetero) is 2. The van der Waals surface area contributed by atoms with Crippen LogP contribution in [0.25, 0.3) is 11.1 Å². The molecule has 0 amide bonds. The van der Waals surface area contributed by atoms with E-state index in [9.17, 15) is 9.59 Å². The van der Waals surface area contributed by atoms with Gasteiger partial charge in [0.05, 0.1) is 0 Å². The first-order valence-electron chi connectivity index (χ1n) is 15.3. The molecule has 1 aromatic carbocycles. The Morgan fingerprint density at radius 2 is 1.90 bits per heavy atom. The van der Waals surface area contributed by atoms with Crippen molar-refractivity contribution in [3.8, 4) is 11.1 Å². The molecule has 2 aromatic rings. The second-order valence-electron chi connectivity index (χ2n) is 11.7. The van der Waals surface area contributed by atoms with Gasteiger partial charge >= 0.3 is 0 Å². The number of hydrogen-bond acceptors (Lipinski definition) is 8. The lowest BCUT2D eigenvalue weighted by Crippen LogP contribution is -2.48. The minimum atomic E-state index is -0.0653. The Kier molecular flexibility index (Phi) is 10.8. The van der Waals surface area contributed by atoms with Gasteiger partial charge in [0.1, 0.15) is 5.82 Å². The standard InChI is InChI=1S/C34H46N6O2/c1-5-6-25-17-24(4)18-33(42)28(25)8-9-32(41)29-19-27(20-31(30(29)21-36)38-23(2)3)26-7-10-34(37-22-26)40-15-13-39(12-11-35)14-16-40/h7,10,17,19-23,36,38H,5-6,8-9,11-16,18,35H2,1-4H3. The van der Waals surface area contributed by atoms with Crippen molar-refractivity contribution in [3.05, 3.63) is 64.4 Å². The van der Waals surface area contributed by atoms with Crippen LogP contribution in [0.5, 0.6) is 0 Å². The van der Waals surface area contributed by atoms with E-state index in [1.165, 1.54) is 6.21 Å². The molecule has 0 unspecified atom stereocenters. The summed E-state index contributed by atoms with van der Waals surface area (Å²) in [5, 5.41) is 11.6. The monoisotopic (exact) mass is 570 g/mol. The molecule has 1 aliphatic carbocycles. The van der Waals surface area contributed by atoms with Gasteiger partial charge in [-0.25, -0.2) is 4.98 Å². The van der Waals surface area contributed by atoms with Gasteiger partial charge in [-0.2, -0.15) is 0 Å². The van der Waals surface area contributed by atoms with E-state index >= 15 is 0 Å². The molecule has 1 aliphatic heterocycles. The first-order chi connectivity index (χ1) is 20.2. The fourth-order valence-corrected chi connectivity index (χ4v) is 5.90. The van der Waals surface area contributed by atoms with Crippen LogP contribution in [0.1, 0.15) is 75.7 Å². The van der Waals surface area contributed by atoms with E-state index in [4.69, 9.17) is 16.1 Å². The summed E-state index contributed by atoms with van der Waals surface area (Å²) in [6.45, 7) is 13.5. The molecule has 0 bridgehead atoms. The number of piperazine rings is 1. The highest BCUT2D eigenvalue weighted by Gasteiger charge is 2.23. The minimum absolute atomic E-state index is 0.0653. The number of rotatable bonds is 13. The molecule has 1 fully saturated rings. The Labute approximate surface area is 250 Å². The van der Waals surface area contributed by atoms with Gasteiger partial charge < -0.3 is 21.4 Å². The molecule has 1 saturated heterocycles. The van der Waals surface area contributed by atoms with E-state index in [0.29, 0.717) is 30.5 Å². The highest BCUT2D eigenvalue weighted by Crippen LogP contribution is 2.32. The topological polar surface area (TPSA) is 115 Å². The maximum Gasteiger partial charge on any atom is 0.163 e. The van der Waals surface area contributed by atoms with E-state index in [-0.39, 0.29) is 24.0 Å². The number of nitrogens with zero attached hydrogens (tertiary/aromatic N) is 3. The average Bonchev–Trinajstić information content (AvgIpc) is 2.96. The third-order valence-corrected chi connectivity index (χ3v) is 8.00. The predicted molar refractivity (Wildman–Crippen MR) is 173 cm³/mol. The molecule has 42 heavy (non-hydrogen) atoms. The van der Waals surface area contributed by atoms with Gasteiger partial charge in [-0.1, -0.05) is 25.0 Å². The van der Waals surface area contributed by atoms with Gasteiger partial charge in [0.15, 0.2) is 11.6 Å². The predicted octanol–water partition coefficient (Wildman–Crippen LogP) is 5.63. The molecule has 8 nitrogen and oxygen atoms in total. The van der Waals surface area contributed by atoms with Gasteiger partial charge in [-0.3, -0.25) is 14.5 Å². The molecule has 2 heterocycles. The lowest BCUT2D eigenvalue weighted by Gasteiger charge is -2.35. The largest absolute Gasteiger partial charge is 0.382 e. The quantitative estimate of drug-likeness (QED) is 0.211. The van der Waals surface area contributed by atoms with Crippen molar-refractivity contribution >= 4 is 29.3 Å². The first kappa shape index (κ1) is 31.3. The smallest absolute Gasteiger partial charge is 0.163 e. The molecule has 224 valence electrons. The minimum Gasteiger partial charge on any atom is -0.382 e. The number of carbonyl (C=O) groups excluding carboxylic acids is 2. The van der Waals surface area contributed by atoms with E-state index < -0.39 is 0 Å². The molecule has 0 atom stereocenters. The fourth-order valence-electron chi connectivity index (χ4n) is 5.90. The molecule has 4 N–H and O–H groups in total. The molecule has 1 aromatic heterocycles. The lowest BCUT2D eigenvalue weighted by atomic mass is 9.86. The molecular weight excluding hydrogens is 524 g/mol. The summed E-state index contributed by atoms with van der Waals surface area (Å²) in [5.41, 5.74) is 12.2. The zero-order valence-electron chi connectivity index (χ0n) is 25.6. The van der Waals surface area contributed by atoms with Crippen LogP contribution in [-0.2, 0) is 4.79 Å². The van der Waals surface area contributed by atoms with Crippen molar-refractivity contribution in [2.45, 2.75) is 65.8 Å². The number of anilines is 2. The highest BCUT2D eigenvalue weighted by atomic mass is 16.1. The van der Waals surface area contributed by atoms with E-state index in [1.807, 2.05) is 45.2 Å². The summed E-state index contributed by atoms with van der Waals surface area (Å²) in [7, 11) is 0. The summed E-state index contributed by atoms with van der Waals surface area (Å²) >= 11 is 0. The zero-order valence-corrected chi connectivity index (χ0v) is 25.6. The number of aromatic nitrogens is 1. The van der Waals surface area contributed by atoms with Gasteiger partial charge in [-0.15, -0.1) is 0 Å². The maximum absolute atomic E-state index is 13.7. The normalized spacial score (nSPS) is 16.2. The summed E-state index contributed by atoms with van der Waals surface area (Å²) in [4.78, 5) is 36.1. The Morgan fingerprint density at radius 1 is 1.14 bits per heavy atom. The Morgan fingerprint density at radius 3 is 2.52 bits per heavy atom. The molecule has 8 heteroatoms. The van der Waals surface area contributed by atoms with Crippen molar-refractivity contribution in [3.63, 3.8) is 0 Å². The van der Waals surface area contributed by atoms with Crippen molar-refractivity contribution in [2.24, 2.45) is 5.73 Å². The second kappa shape index (κ2) is 14.5. The van der Waals surface area contributed by atoms with Gasteiger partial charge in [0.25, 0.3) is 0 Å². The number of pyridine rings is 1. The van der Waals surface area contributed by atoms with Crippen LogP contribution in [-0.4, -0.2) is 73.0 Å². The SMILES string of the molecule is CCCC1=C(CCC(=O)c2cc(-c3ccc(N4CCN(CCN)CC4)nc3)cc(NC(C)C)c2C=N)C(=O)CC(C)=C1. The lowest BCUT2D eigenvalue weighted by molar-refractivity contribution is -0.115. The molecule has 0 saturated carbocycles. The number of allylic oxidation sites excluding steroid dienone is 4. The Hall–Kier alpha value is -3.62. The van der Waals surface area contributed by atoms with E-state index in [1.54, 1.807) is 0 Å². The van der Waals surface area contributed by atoms with Gasteiger partial charge in [-0.05, 0) is 74.6 Å².